The summed E-state index contributed by atoms with van der Waals surface area (Å²) in [6.07, 6.45) is 1.10. The van der Waals surface area contributed by atoms with Crippen molar-refractivity contribution in [3.05, 3.63) is 45.8 Å². The van der Waals surface area contributed by atoms with E-state index in [4.69, 9.17) is 0 Å². The number of carbonyl (C=O) groups excluding carboxylic acids is 1. The summed E-state index contributed by atoms with van der Waals surface area (Å²) >= 11 is 1.19. The van der Waals surface area contributed by atoms with Crippen LogP contribution in [-0.4, -0.2) is 22.0 Å². The lowest BCUT2D eigenvalue weighted by molar-refractivity contribution is 0.0697. The first-order valence-corrected chi connectivity index (χ1v) is 6.48. The summed E-state index contributed by atoms with van der Waals surface area (Å²) in [5.41, 5.74) is 0.859. The van der Waals surface area contributed by atoms with Gasteiger partial charge in [-0.25, -0.2) is 9.78 Å². The number of aromatic carboxylic acids is 1. The number of pyridine rings is 1. The van der Waals surface area contributed by atoms with Crippen LogP contribution < -0.4 is 5.32 Å². The number of thiophene rings is 1. The average molecular weight is 294 g/mol. The number of halogens is 1. The number of aryl methyl sites for hydroxylation is 1. The molecule has 104 valence electrons. The topological polar surface area (TPSA) is 79.3 Å². The fourth-order valence-electron chi connectivity index (χ4n) is 1.66. The minimum atomic E-state index is -1.10. The molecule has 2 heterocycles. The molecule has 0 aliphatic heterocycles. The summed E-state index contributed by atoms with van der Waals surface area (Å²) in [4.78, 5) is 27.4. The maximum Gasteiger partial charge on any atom is 0.338 e. The van der Waals surface area contributed by atoms with Gasteiger partial charge in [-0.1, -0.05) is 0 Å². The Morgan fingerprint density at radius 3 is 2.60 bits per heavy atom. The van der Waals surface area contributed by atoms with E-state index < -0.39 is 17.8 Å². The molecule has 0 saturated carbocycles. The largest absolute Gasteiger partial charge is 0.478 e. The van der Waals surface area contributed by atoms with E-state index >= 15 is 0 Å². The van der Waals surface area contributed by atoms with Crippen LogP contribution in [0.15, 0.2) is 18.3 Å². The smallest absolute Gasteiger partial charge is 0.338 e. The molecule has 20 heavy (non-hydrogen) atoms. The van der Waals surface area contributed by atoms with Gasteiger partial charge in [-0.3, -0.25) is 4.79 Å². The Kier molecular flexibility index (Phi) is 3.80. The van der Waals surface area contributed by atoms with Crippen LogP contribution in [-0.2, 0) is 0 Å². The molecule has 2 aromatic heterocycles. The van der Waals surface area contributed by atoms with Crippen LogP contribution in [0.3, 0.4) is 0 Å². The first kappa shape index (κ1) is 14.1. The number of rotatable bonds is 3. The van der Waals surface area contributed by atoms with E-state index in [2.05, 4.69) is 10.3 Å². The molecule has 2 rings (SSSR count). The number of carbonyl (C=O) groups is 2. The average Bonchev–Trinajstić information content (AvgIpc) is 2.65. The van der Waals surface area contributed by atoms with Gasteiger partial charge in [0, 0.05) is 11.1 Å². The van der Waals surface area contributed by atoms with Crippen molar-refractivity contribution in [1.29, 1.82) is 0 Å². The van der Waals surface area contributed by atoms with Gasteiger partial charge in [0.05, 0.1) is 11.1 Å². The van der Waals surface area contributed by atoms with Gasteiger partial charge in [0.1, 0.15) is 5.00 Å². The molecule has 0 saturated heterocycles. The van der Waals surface area contributed by atoms with Crippen molar-refractivity contribution in [2.75, 3.05) is 5.32 Å². The fourth-order valence-corrected chi connectivity index (χ4v) is 2.71. The monoisotopic (exact) mass is 294 g/mol. The molecule has 0 spiro atoms. The summed E-state index contributed by atoms with van der Waals surface area (Å²) < 4.78 is 12.7. The van der Waals surface area contributed by atoms with Crippen molar-refractivity contribution in [3.8, 4) is 0 Å². The molecular weight excluding hydrogens is 283 g/mol. The summed E-state index contributed by atoms with van der Waals surface area (Å²) in [5.74, 6) is -2.31. The van der Waals surface area contributed by atoms with Gasteiger partial charge in [-0.05, 0) is 31.5 Å². The Morgan fingerprint density at radius 1 is 1.35 bits per heavy atom. The van der Waals surface area contributed by atoms with Gasteiger partial charge in [0.25, 0.3) is 5.91 Å². The predicted molar refractivity (Wildman–Crippen MR) is 72.9 cm³/mol. The van der Waals surface area contributed by atoms with Gasteiger partial charge in [0.15, 0.2) is 0 Å². The van der Waals surface area contributed by atoms with Crippen LogP contribution in [0.4, 0.5) is 9.39 Å². The van der Waals surface area contributed by atoms with E-state index in [1.807, 2.05) is 0 Å². The molecule has 2 N–H and O–H groups in total. The Balaban J connectivity index is 2.30. The standard InChI is InChI=1S/C13H11FN2O3S/c1-6-7(2)20-12(10(6)13(18)19)16-11(17)8-3-4-9(14)15-5-8/h3-5H,1-2H3,(H,16,17)(H,18,19). The highest BCUT2D eigenvalue weighted by atomic mass is 32.1. The quantitative estimate of drug-likeness (QED) is 0.853. The van der Waals surface area contributed by atoms with Crippen molar-refractivity contribution >= 4 is 28.2 Å². The second kappa shape index (κ2) is 5.38. The summed E-state index contributed by atoms with van der Waals surface area (Å²) in [6, 6.07) is 2.35. The number of anilines is 1. The van der Waals surface area contributed by atoms with Crippen molar-refractivity contribution in [2.45, 2.75) is 13.8 Å². The van der Waals surface area contributed by atoms with E-state index in [0.717, 1.165) is 17.1 Å². The highest BCUT2D eigenvalue weighted by molar-refractivity contribution is 7.16. The molecule has 0 aliphatic rings. The van der Waals surface area contributed by atoms with Crippen molar-refractivity contribution < 1.29 is 19.1 Å². The third-order valence-corrected chi connectivity index (χ3v) is 3.94. The molecule has 1 amide bonds. The van der Waals surface area contributed by atoms with Crippen LogP contribution >= 0.6 is 11.3 Å². The predicted octanol–water partition coefficient (Wildman–Crippen LogP) is 2.85. The Hall–Kier alpha value is -2.28. The van der Waals surface area contributed by atoms with E-state index in [1.54, 1.807) is 13.8 Å². The molecule has 0 aliphatic carbocycles. The number of amides is 1. The molecule has 2 aromatic rings. The lowest BCUT2D eigenvalue weighted by Gasteiger charge is -2.04. The Bertz CT molecular complexity index is 680. The van der Waals surface area contributed by atoms with Gasteiger partial charge in [-0.15, -0.1) is 11.3 Å². The number of hydrogen-bond donors (Lipinski definition) is 2. The number of hydrogen-bond acceptors (Lipinski definition) is 4. The van der Waals surface area contributed by atoms with E-state index in [9.17, 15) is 19.1 Å². The maximum absolute atomic E-state index is 12.7. The lowest BCUT2D eigenvalue weighted by Crippen LogP contribution is -2.14. The first-order valence-electron chi connectivity index (χ1n) is 5.66. The molecular formula is C13H11FN2O3S. The lowest BCUT2D eigenvalue weighted by atomic mass is 10.1. The second-order valence-corrected chi connectivity index (χ2v) is 5.34. The van der Waals surface area contributed by atoms with Crippen molar-refractivity contribution in [3.63, 3.8) is 0 Å². The van der Waals surface area contributed by atoms with Crippen molar-refractivity contribution in [2.24, 2.45) is 0 Å². The minimum absolute atomic E-state index is 0.0796. The van der Waals surface area contributed by atoms with E-state index in [-0.39, 0.29) is 16.1 Å². The van der Waals surface area contributed by atoms with Gasteiger partial charge in [0.2, 0.25) is 5.95 Å². The number of nitrogens with zero attached hydrogens (tertiary/aromatic N) is 1. The first-order chi connectivity index (χ1) is 9.40. The number of carboxylic acids is 1. The number of nitrogens with one attached hydrogen (secondary N) is 1. The van der Waals surface area contributed by atoms with Gasteiger partial charge < -0.3 is 10.4 Å². The maximum atomic E-state index is 12.7. The Labute approximate surface area is 118 Å². The van der Waals surface area contributed by atoms with Crippen LogP contribution in [0, 0.1) is 19.8 Å². The van der Waals surface area contributed by atoms with Gasteiger partial charge >= 0.3 is 5.97 Å². The fraction of sp³-hybridized carbons (Fsp3) is 0.154. The van der Waals surface area contributed by atoms with Crippen LogP contribution in [0.1, 0.15) is 31.2 Å². The van der Waals surface area contributed by atoms with Crippen LogP contribution in [0.25, 0.3) is 0 Å². The molecule has 5 nitrogen and oxygen atoms in total. The molecule has 0 atom stereocenters. The SMILES string of the molecule is Cc1sc(NC(=O)c2ccc(F)nc2)c(C(=O)O)c1C. The minimum Gasteiger partial charge on any atom is -0.478 e. The third kappa shape index (κ3) is 2.67. The zero-order valence-electron chi connectivity index (χ0n) is 10.7. The molecule has 7 heteroatoms. The van der Waals surface area contributed by atoms with Crippen LogP contribution in [0.5, 0.6) is 0 Å². The number of carboxylic acid groups (broad SMARTS) is 1. The zero-order valence-corrected chi connectivity index (χ0v) is 11.5. The third-order valence-electron chi connectivity index (χ3n) is 2.82. The highest BCUT2D eigenvalue weighted by Crippen LogP contribution is 2.32. The van der Waals surface area contributed by atoms with Crippen LogP contribution in [0.2, 0.25) is 0 Å². The number of aromatic nitrogens is 1. The molecule has 0 radical (unpaired) electrons. The molecule has 0 aromatic carbocycles. The van der Waals surface area contributed by atoms with Gasteiger partial charge in [-0.2, -0.15) is 4.39 Å². The molecule has 0 bridgehead atoms. The van der Waals surface area contributed by atoms with Crippen molar-refractivity contribution in [1.82, 2.24) is 4.98 Å². The normalized spacial score (nSPS) is 10.3. The zero-order chi connectivity index (χ0) is 14.9. The summed E-state index contributed by atoms with van der Waals surface area (Å²) in [5, 5.41) is 12.0. The summed E-state index contributed by atoms with van der Waals surface area (Å²) in [6.45, 7) is 3.46. The Morgan fingerprint density at radius 2 is 2.05 bits per heavy atom. The summed E-state index contributed by atoms with van der Waals surface area (Å²) in [7, 11) is 0. The molecule has 0 fully saturated rings. The molecule has 0 unspecified atom stereocenters. The van der Waals surface area contributed by atoms with E-state index in [1.165, 1.54) is 17.4 Å². The van der Waals surface area contributed by atoms with E-state index in [0.29, 0.717) is 5.56 Å². The second-order valence-electron chi connectivity index (χ2n) is 4.12. The highest BCUT2D eigenvalue weighted by Gasteiger charge is 2.20.